The standard InChI is InChI=1S/C11H24N2O2S/c1-2-11(10-6-4-3-5-7-10)13-16(14,15)9-8-12/h10-11,13H,2-9,12H2,1H3. The van der Waals surface area contributed by atoms with E-state index in [2.05, 4.69) is 4.72 Å². The quantitative estimate of drug-likeness (QED) is 0.742. The Kier molecular flexibility index (Phi) is 5.72. The highest BCUT2D eigenvalue weighted by Gasteiger charge is 2.25. The molecule has 0 aromatic heterocycles. The third-order valence-electron chi connectivity index (χ3n) is 3.38. The fourth-order valence-electron chi connectivity index (χ4n) is 2.49. The van der Waals surface area contributed by atoms with Crippen LogP contribution in [0.2, 0.25) is 0 Å². The summed E-state index contributed by atoms with van der Waals surface area (Å²) in [7, 11) is -3.17. The zero-order chi connectivity index (χ0) is 12.0. The fourth-order valence-corrected chi connectivity index (χ4v) is 3.74. The van der Waals surface area contributed by atoms with Crippen molar-refractivity contribution in [3.05, 3.63) is 0 Å². The van der Waals surface area contributed by atoms with Gasteiger partial charge < -0.3 is 5.73 Å². The Morgan fingerprint density at radius 1 is 1.31 bits per heavy atom. The van der Waals surface area contributed by atoms with Gasteiger partial charge in [0.1, 0.15) is 0 Å². The summed E-state index contributed by atoms with van der Waals surface area (Å²) in [5, 5.41) is 0. The van der Waals surface area contributed by atoms with Crippen LogP contribution in [0.1, 0.15) is 45.4 Å². The van der Waals surface area contributed by atoms with Crippen molar-refractivity contribution in [2.45, 2.75) is 51.5 Å². The lowest BCUT2D eigenvalue weighted by Gasteiger charge is -2.30. The van der Waals surface area contributed by atoms with Gasteiger partial charge in [-0.05, 0) is 25.2 Å². The molecule has 1 aliphatic carbocycles. The fraction of sp³-hybridized carbons (Fsp3) is 1.00. The van der Waals surface area contributed by atoms with Crippen molar-refractivity contribution in [2.24, 2.45) is 11.7 Å². The molecule has 0 amide bonds. The first kappa shape index (κ1) is 13.9. The molecule has 0 spiro atoms. The number of sulfonamides is 1. The van der Waals surface area contributed by atoms with E-state index in [0.29, 0.717) is 5.92 Å². The Labute approximate surface area is 99.0 Å². The molecule has 1 atom stereocenters. The molecule has 1 unspecified atom stereocenters. The van der Waals surface area contributed by atoms with E-state index in [1.807, 2.05) is 6.92 Å². The van der Waals surface area contributed by atoms with Crippen LogP contribution in [0.3, 0.4) is 0 Å². The third-order valence-corrected chi connectivity index (χ3v) is 4.81. The van der Waals surface area contributed by atoms with E-state index >= 15 is 0 Å². The molecule has 1 saturated carbocycles. The van der Waals surface area contributed by atoms with Gasteiger partial charge in [-0.25, -0.2) is 13.1 Å². The zero-order valence-corrected chi connectivity index (χ0v) is 10.9. The molecule has 0 heterocycles. The minimum absolute atomic E-state index is 0.0379. The minimum Gasteiger partial charge on any atom is -0.329 e. The first-order valence-corrected chi connectivity index (χ1v) is 7.94. The van der Waals surface area contributed by atoms with Gasteiger partial charge in [-0.15, -0.1) is 0 Å². The monoisotopic (exact) mass is 248 g/mol. The molecule has 1 fully saturated rings. The van der Waals surface area contributed by atoms with E-state index in [0.717, 1.165) is 19.3 Å². The van der Waals surface area contributed by atoms with Gasteiger partial charge in [0, 0.05) is 12.6 Å². The van der Waals surface area contributed by atoms with Gasteiger partial charge in [0.15, 0.2) is 0 Å². The van der Waals surface area contributed by atoms with Crippen molar-refractivity contribution in [1.82, 2.24) is 4.72 Å². The highest BCUT2D eigenvalue weighted by atomic mass is 32.2. The van der Waals surface area contributed by atoms with Crippen molar-refractivity contribution in [2.75, 3.05) is 12.3 Å². The van der Waals surface area contributed by atoms with E-state index < -0.39 is 10.0 Å². The topological polar surface area (TPSA) is 72.2 Å². The maximum absolute atomic E-state index is 11.7. The highest BCUT2D eigenvalue weighted by Crippen LogP contribution is 2.27. The summed E-state index contributed by atoms with van der Waals surface area (Å²) >= 11 is 0. The Bertz CT molecular complexity index is 284. The second-order valence-corrected chi connectivity index (χ2v) is 6.51. The summed E-state index contributed by atoms with van der Waals surface area (Å²) in [6, 6.07) is 0.108. The van der Waals surface area contributed by atoms with Gasteiger partial charge in [0.2, 0.25) is 10.0 Å². The molecule has 0 saturated heterocycles. The van der Waals surface area contributed by atoms with Gasteiger partial charge in [-0.2, -0.15) is 0 Å². The van der Waals surface area contributed by atoms with Crippen LogP contribution in [-0.2, 0) is 10.0 Å². The number of hydrogen-bond donors (Lipinski definition) is 2. The van der Waals surface area contributed by atoms with Crippen molar-refractivity contribution in [1.29, 1.82) is 0 Å². The molecule has 96 valence electrons. The van der Waals surface area contributed by atoms with Gasteiger partial charge >= 0.3 is 0 Å². The van der Waals surface area contributed by atoms with Crippen LogP contribution in [0.5, 0.6) is 0 Å². The highest BCUT2D eigenvalue weighted by molar-refractivity contribution is 7.89. The third kappa shape index (κ3) is 4.39. The summed E-state index contributed by atoms with van der Waals surface area (Å²) in [4.78, 5) is 0. The Balaban J connectivity index is 2.53. The van der Waals surface area contributed by atoms with E-state index in [1.165, 1.54) is 19.3 Å². The molecule has 1 rings (SSSR count). The summed E-state index contributed by atoms with van der Waals surface area (Å²) < 4.78 is 26.1. The van der Waals surface area contributed by atoms with Gasteiger partial charge in [-0.3, -0.25) is 0 Å². The molecular weight excluding hydrogens is 224 g/mol. The van der Waals surface area contributed by atoms with Crippen LogP contribution in [0, 0.1) is 5.92 Å². The van der Waals surface area contributed by atoms with Gasteiger partial charge in [0.25, 0.3) is 0 Å². The smallest absolute Gasteiger partial charge is 0.213 e. The summed E-state index contributed by atoms with van der Waals surface area (Å²) in [5.41, 5.74) is 5.29. The summed E-state index contributed by atoms with van der Waals surface area (Å²) in [5.74, 6) is 0.558. The SMILES string of the molecule is CCC(NS(=O)(=O)CCN)C1CCCCC1. The number of hydrogen-bond acceptors (Lipinski definition) is 3. The molecule has 0 aliphatic heterocycles. The summed E-state index contributed by atoms with van der Waals surface area (Å²) in [6.45, 7) is 2.24. The molecule has 0 aromatic carbocycles. The predicted octanol–water partition coefficient (Wildman–Crippen LogP) is 1.22. The zero-order valence-electron chi connectivity index (χ0n) is 10.1. The largest absolute Gasteiger partial charge is 0.329 e. The molecular formula is C11H24N2O2S. The van der Waals surface area contributed by atoms with Crippen LogP contribution < -0.4 is 10.5 Å². The maximum atomic E-state index is 11.7. The Hall–Kier alpha value is -0.130. The average Bonchev–Trinajstić information content (AvgIpc) is 2.27. The lowest BCUT2D eigenvalue weighted by Crippen LogP contribution is -2.42. The molecule has 5 heteroatoms. The lowest BCUT2D eigenvalue weighted by atomic mass is 9.83. The number of rotatable bonds is 6. The minimum atomic E-state index is -3.17. The van der Waals surface area contributed by atoms with Crippen LogP contribution in [0.15, 0.2) is 0 Å². The molecule has 0 bridgehead atoms. The molecule has 1 aliphatic rings. The van der Waals surface area contributed by atoms with Gasteiger partial charge in [0.05, 0.1) is 5.75 Å². The first-order valence-electron chi connectivity index (χ1n) is 6.29. The second-order valence-electron chi connectivity index (χ2n) is 4.64. The van der Waals surface area contributed by atoms with Crippen molar-refractivity contribution >= 4 is 10.0 Å². The van der Waals surface area contributed by atoms with Crippen molar-refractivity contribution < 1.29 is 8.42 Å². The van der Waals surface area contributed by atoms with E-state index in [9.17, 15) is 8.42 Å². The predicted molar refractivity (Wildman–Crippen MR) is 66.6 cm³/mol. The Morgan fingerprint density at radius 2 is 1.94 bits per heavy atom. The van der Waals surface area contributed by atoms with Gasteiger partial charge in [-0.1, -0.05) is 26.2 Å². The molecule has 0 radical (unpaired) electrons. The maximum Gasteiger partial charge on any atom is 0.213 e. The van der Waals surface area contributed by atoms with E-state index in [-0.39, 0.29) is 18.3 Å². The molecule has 3 N–H and O–H groups in total. The second kappa shape index (κ2) is 6.57. The van der Waals surface area contributed by atoms with E-state index in [4.69, 9.17) is 5.73 Å². The van der Waals surface area contributed by atoms with Crippen LogP contribution in [0.4, 0.5) is 0 Å². The summed E-state index contributed by atoms with van der Waals surface area (Å²) in [6.07, 6.45) is 6.95. The first-order chi connectivity index (χ1) is 7.59. The number of nitrogens with two attached hydrogens (primary N) is 1. The Morgan fingerprint density at radius 3 is 2.44 bits per heavy atom. The molecule has 4 nitrogen and oxygen atoms in total. The number of nitrogens with one attached hydrogen (secondary N) is 1. The van der Waals surface area contributed by atoms with Crippen molar-refractivity contribution in [3.8, 4) is 0 Å². The van der Waals surface area contributed by atoms with Crippen LogP contribution in [0.25, 0.3) is 0 Å². The van der Waals surface area contributed by atoms with Crippen LogP contribution in [-0.4, -0.2) is 26.8 Å². The lowest BCUT2D eigenvalue weighted by molar-refractivity contribution is 0.285. The average molecular weight is 248 g/mol. The van der Waals surface area contributed by atoms with E-state index in [1.54, 1.807) is 0 Å². The molecule has 16 heavy (non-hydrogen) atoms. The van der Waals surface area contributed by atoms with Crippen LogP contribution >= 0.6 is 0 Å². The van der Waals surface area contributed by atoms with Crippen molar-refractivity contribution in [3.63, 3.8) is 0 Å². The molecule has 0 aromatic rings. The normalized spacial score (nSPS) is 20.9.